The topological polar surface area (TPSA) is 122 Å². The second-order valence-electron chi connectivity index (χ2n) is 6.69. The number of rotatable bonds is 10. The molecule has 0 spiro atoms. The van der Waals surface area contributed by atoms with E-state index in [1.165, 1.54) is 0 Å². The maximum absolute atomic E-state index is 10.8. The van der Waals surface area contributed by atoms with Gasteiger partial charge in [-0.05, 0) is 24.0 Å². The molecule has 0 amide bonds. The number of benzene rings is 1. The minimum absolute atomic E-state index is 0.0694. The molecule has 2 aromatic heterocycles. The average molecular weight is 399 g/mol. The summed E-state index contributed by atoms with van der Waals surface area (Å²) in [6.07, 6.45) is 2.41. The van der Waals surface area contributed by atoms with Crippen LogP contribution in [0.5, 0.6) is 12.0 Å². The van der Waals surface area contributed by atoms with Crippen LogP contribution in [0.4, 0.5) is 5.82 Å². The SMILES string of the molecule is CCCCOc1nc(NC)c2nc(O)n(Cc3cccc(CCC(=O)O)c3)c2n1. The van der Waals surface area contributed by atoms with Crippen molar-refractivity contribution < 1.29 is 19.7 Å². The van der Waals surface area contributed by atoms with E-state index in [1.54, 1.807) is 11.6 Å². The average Bonchev–Trinajstić information content (AvgIpc) is 3.02. The Morgan fingerprint density at radius 3 is 2.76 bits per heavy atom. The summed E-state index contributed by atoms with van der Waals surface area (Å²) in [7, 11) is 1.72. The van der Waals surface area contributed by atoms with Crippen molar-refractivity contribution in [1.82, 2.24) is 19.5 Å². The fraction of sp³-hybridized carbons (Fsp3) is 0.400. The fourth-order valence-electron chi connectivity index (χ4n) is 2.98. The highest BCUT2D eigenvalue weighted by molar-refractivity contribution is 5.84. The zero-order valence-corrected chi connectivity index (χ0v) is 16.6. The number of aryl methyl sites for hydroxylation is 1. The molecule has 0 unspecified atom stereocenters. The lowest BCUT2D eigenvalue weighted by Gasteiger charge is -2.09. The number of imidazole rings is 1. The van der Waals surface area contributed by atoms with Crippen molar-refractivity contribution in [2.75, 3.05) is 19.0 Å². The van der Waals surface area contributed by atoms with Crippen LogP contribution in [0.1, 0.15) is 37.3 Å². The minimum atomic E-state index is -0.833. The summed E-state index contributed by atoms with van der Waals surface area (Å²) >= 11 is 0. The summed E-state index contributed by atoms with van der Waals surface area (Å²) in [6, 6.07) is 7.65. The van der Waals surface area contributed by atoms with E-state index in [1.807, 2.05) is 24.3 Å². The molecular formula is C20H25N5O4. The van der Waals surface area contributed by atoms with Crippen LogP contribution in [0, 0.1) is 0 Å². The predicted octanol–water partition coefficient (Wildman–Crippen LogP) is 2.82. The Labute approximate surface area is 168 Å². The Morgan fingerprint density at radius 1 is 1.24 bits per heavy atom. The van der Waals surface area contributed by atoms with E-state index in [2.05, 4.69) is 27.2 Å². The van der Waals surface area contributed by atoms with Crippen molar-refractivity contribution in [3.63, 3.8) is 0 Å². The smallest absolute Gasteiger partial charge is 0.320 e. The van der Waals surface area contributed by atoms with Crippen LogP contribution in [-0.4, -0.2) is 49.4 Å². The number of nitrogens with one attached hydrogen (secondary N) is 1. The summed E-state index contributed by atoms with van der Waals surface area (Å²) in [5.74, 6) is -0.355. The third-order valence-electron chi connectivity index (χ3n) is 4.48. The summed E-state index contributed by atoms with van der Waals surface area (Å²) in [4.78, 5) is 23.8. The van der Waals surface area contributed by atoms with Gasteiger partial charge in [-0.2, -0.15) is 15.0 Å². The highest BCUT2D eigenvalue weighted by atomic mass is 16.5. The zero-order valence-electron chi connectivity index (χ0n) is 16.6. The van der Waals surface area contributed by atoms with E-state index in [0.29, 0.717) is 36.6 Å². The molecular weight excluding hydrogens is 374 g/mol. The van der Waals surface area contributed by atoms with Gasteiger partial charge in [-0.25, -0.2) is 0 Å². The molecule has 3 aromatic rings. The Bertz CT molecular complexity index is 1000. The zero-order chi connectivity index (χ0) is 20.8. The van der Waals surface area contributed by atoms with Gasteiger partial charge in [-0.3, -0.25) is 9.36 Å². The van der Waals surface area contributed by atoms with E-state index in [0.717, 1.165) is 24.0 Å². The number of fused-ring (bicyclic) bond motifs is 1. The number of hydrogen-bond donors (Lipinski definition) is 3. The van der Waals surface area contributed by atoms with E-state index in [9.17, 15) is 9.90 Å². The molecule has 3 N–H and O–H groups in total. The first-order valence-electron chi connectivity index (χ1n) is 9.59. The maximum atomic E-state index is 10.8. The van der Waals surface area contributed by atoms with Crippen LogP contribution in [0.2, 0.25) is 0 Å². The second-order valence-corrected chi connectivity index (χ2v) is 6.69. The molecule has 0 radical (unpaired) electrons. The van der Waals surface area contributed by atoms with Crippen molar-refractivity contribution in [2.45, 2.75) is 39.2 Å². The number of hydrogen-bond acceptors (Lipinski definition) is 7. The van der Waals surface area contributed by atoms with E-state index < -0.39 is 5.97 Å². The number of ether oxygens (including phenoxy) is 1. The summed E-state index contributed by atoms with van der Waals surface area (Å²) in [5, 5.41) is 22.3. The Balaban J connectivity index is 1.92. The van der Waals surface area contributed by atoms with Crippen molar-refractivity contribution in [2.24, 2.45) is 0 Å². The largest absolute Gasteiger partial charge is 0.481 e. The molecule has 154 valence electrons. The normalized spacial score (nSPS) is 11.0. The van der Waals surface area contributed by atoms with E-state index in [4.69, 9.17) is 9.84 Å². The third-order valence-corrected chi connectivity index (χ3v) is 4.48. The monoisotopic (exact) mass is 399 g/mol. The van der Waals surface area contributed by atoms with Crippen molar-refractivity contribution in [3.05, 3.63) is 35.4 Å². The number of aliphatic carboxylic acids is 1. The summed E-state index contributed by atoms with van der Waals surface area (Å²) in [5.41, 5.74) is 2.74. The van der Waals surface area contributed by atoms with Crippen molar-refractivity contribution in [3.8, 4) is 12.0 Å². The molecule has 0 fully saturated rings. The molecule has 0 saturated heterocycles. The minimum Gasteiger partial charge on any atom is -0.481 e. The number of carboxylic acid groups (broad SMARTS) is 1. The van der Waals surface area contributed by atoms with Gasteiger partial charge < -0.3 is 20.3 Å². The maximum Gasteiger partial charge on any atom is 0.320 e. The first-order valence-corrected chi connectivity index (χ1v) is 9.59. The van der Waals surface area contributed by atoms with Crippen LogP contribution < -0.4 is 10.1 Å². The molecule has 1 aromatic carbocycles. The summed E-state index contributed by atoms with van der Waals surface area (Å²) in [6.45, 7) is 2.92. The van der Waals surface area contributed by atoms with Crippen LogP contribution >= 0.6 is 0 Å². The van der Waals surface area contributed by atoms with Gasteiger partial charge in [0.15, 0.2) is 17.0 Å². The van der Waals surface area contributed by atoms with Crippen LogP contribution in [0.3, 0.4) is 0 Å². The Kier molecular flexibility index (Phi) is 6.48. The quantitative estimate of drug-likeness (QED) is 0.445. The van der Waals surface area contributed by atoms with Gasteiger partial charge in [0, 0.05) is 13.5 Å². The van der Waals surface area contributed by atoms with Crippen LogP contribution in [0.15, 0.2) is 24.3 Å². The molecule has 29 heavy (non-hydrogen) atoms. The molecule has 2 heterocycles. The second kappa shape index (κ2) is 9.22. The van der Waals surface area contributed by atoms with Gasteiger partial charge in [0.05, 0.1) is 13.2 Å². The van der Waals surface area contributed by atoms with Gasteiger partial charge in [0.1, 0.15) is 0 Å². The number of aromatic nitrogens is 4. The molecule has 9 nitrogen and oxygen atoms in total. The van der Waals surface area contributed by atoms with Gasteiger partial charge in [0.25, 0.3) is 6.01 Å². The standard InChI is InChI=1S/C20H25N5O4/c1-3-4-10-29-19-23-17(21-2)16-18(24-19)25(20(28)22-16)12-14-7-5-6-13(11-14)8-9-15(26)27/h5-7,11H,3-4,8-10,12H2,1-2H3,(H,22,28)(H,26,27)(H,21,23,24). The van der Waals surface area contributed by atoms with Gasteiger partial charge in [-0.15, -0.1) is 0 Å². The van der Waals surface area contributed by atoms with E-state index in [-0.39, 0.29) is 18.4 Å². The number of anilines is 1. The lowest BCUT2D eigenvalue weighted by molar-refractivity contribution is -0.136. The van der Waals surface area contributed by atoms with Crippen LogP contribution in [0.25, 0.3) is 11.2 Å². The number of carboxylic acids is 1. The fourth-order valence-corrected chi connectivity index (χ4v) is 2.98. The summed E-state index contributed by atoms with van der Waals surface area (Å²) < 4.78 is 7.23. The molecule has 3 rings (SSSR count). The number of carbonyl (C=O) groups is 1. The van der Waals surface area contributed by atoms with Crippen LogP contribution in [-0.2, 0) is 17.8 Å². The molecule has 0 aliphatic carbocycles. The van der Waals surface area contributed by atoms with Gasteiger partial charge in [-0.1, -0.05) is 37.6 Å². The van der Waals surface area contributed by atoms with E-state index >= 15 is 0 Å². The van der Waals surface area contributed by atoms with Crippen molar-refractivity contribution >= 4 is 23.0 Å². The molecule has 0 aliphatic rings. The molecule has 0 bridgehead atoms. The molecule has 0 saturated carbocycles. The first-order chi connectivity index (χ1) is 14.0. The first kappa shape index (κ1) is 20.4. The Morgan fingerprint density at radius 2 is 2.03 bits per heavy atom. The van der Waals surface area contributed by atoms with Gasteiger partial charge >= 0.3 is 12.0 Å². The van der Waals surface area contributed by atoms with Gasteiger partial charge in [0.2, 0.25) is 0 Å². The molecule has 0 aliphatic heterocycles. The predicted molar refractivity (Wildman–Crippen MR) is 108 cm³/mol. The highest BCUT2D eigenvalue weighted by Gasteiger charge is 2.18. The number of unbranched alkanes of at least 4 members (excludes halogenated alkanes) is 1. The number of aromatic hydroxyl groups is 1. The molecule has 0 atom stereocenters. The third kappa shape index (κ3) is 4.92. The Hall–Kier alpha value is -3.36. The molecule has 9 heteroatoms. The van der Waals surface area contributed by atoms with Crippen molar-refractivity contribution in [1.29, 1.82) is 0 Å². The lowest BCUT2D eigenvalue weighted by atomic mass is 10.1. The lowest BCUT2D eigenvalue weighted by Crippen LogP contribution is -2.06. The number of nitrogens with zero attached hydrogens (tertiary/aromatic N) is 4. The highest BCUT2D eigenvalue weighted by Crippen LogP contribution is 2.27.